The number of para-hydroxylation sites is 4. The minimum atomic E-state index is -1.78. The van der Waals surface area contributed by atoms with Crippen LogP contribution in [-0.2, 0) is 9.47 Å². The van der Waals surface area contributed by atoms with Crippen molar-refractivity contribution in [2.45, 2.75) is 52.1 Å². The summed E-state index contributed by atoms with van der Waals surface area (Å²) < 4.78 is 51.2. The zero-order valence-electron chi connectivity index (χ0n) is 24.8. The van der Waals surface area contributed by atoms with Crippen molar-refractivity contribution in [2.75, 3.05) is 13.2 Å². The molecule has 226 valence electrons. The number of ether oxygens (including phenoxy) is 2. The molecule has 2 saturated heterocycles. The molecular weight excluding hydrogens is 598 g/mol. The molecule has 0 saturated carbocycles. The van der Waals surface area contributed by atoms with E-state index in [1.165, 1.54) is 0 Å². The van der Waals surface area contributed by atoms with Gasteiger partial charge in [0.25, 0.3) is 0 Å². The van der Waals surface area contributed by atoms with E-state index >= 15 is 0 Å². The third-order valence-corrected chi connectivity index (χ3v) is 10.7. The van der Waals surface area contributed by atoms with Crippen LogP contribution in [0, 0.1) is 27.7 Å². The van der Waals surface area contributed by atoms with E-state index in [1.54, 1.807) is 0 Å². The predicted octanol–water partition coefficient (Wildman–Crippen LogP) is 9.22. The summed E-state index contributed by atoms with van der Waals surface area (Å²) in [5.41, 5.74) is 7.13. The van der Waals surface area contributed by atoms with Gasteiger partial charge in [-0.05, 0) is 49.9 Å². The number of hydrogen-bond donors (Lipinski definition) is 0. The molecule has 0 N–H and O–H groups in total. The lowest BCUT2D eigenvalue weighted by molar-refractivity contribution is 0.0401. The zero-order chi connectivity index (χ0) is 29.9. The van der Waals surface area contributed by atoms with Gasteiger partial charge >= 0.3 is 16.5 Å². The number of rotatable bonds is 4. The number of aryl methyl sites for hydroxylation is 4. The molecule has 2 fully saturated rings. The van der Waals surface area contributed by atoms with Crippen molar-refractivity contribution in [1.82, 2.24) is 0 Å². The van der Waals surface area contributed by atoms with Crippen molar-refractivity contribution in [3.63, 3.8) is 0 Å². The van der Waals surface area contributed by atoms with Crippen LogP contribution in [0.2, 0.25) is 0 Å². The summed E-state index contributed by atoms with van der Waals surface area (Å²) in [4.78, 5) is 0. The highest BCUT2D eigenvalue weighted by atomic mass is 31.1. The maximum Gasteiger partial charge on any atom is 0.387 e. The van der Waals surface area contributed by atoms with Crippen LogP contribution in [-0.4, -0.2) is 37.6 Å². The van der Waals surface area contributed by atoms with Crippen molar-refractivity contribution < 1.29 is 35.3 Å². The summed E-state index contributed by atoms with van der Waals surface area (Å²) in [5, 5.41) is 3.95. The van der Waals surface area contributed by atoms with Crippen molar-refractivity contribution >= 4 is 60.4 Å². The molecule has 4 aromatic carbocycles. The minimum absolute atomic E-state index is 0.325. The first-order valence-electron chi connectivity index (χ1n) is 14.7. The maximum atomic E-state index is 6.51. The molecule has 0 amide bonds. The van der Waals surface area contributed by atoms with Crippen molar-refractivity contribution in [1.29, 1.82) is 0 Å². The summed E-state index contributed by atoms with van der Waals surface area (Å²) in [7, 11) is -3.57. The average Bonchev–Trinajstić information content (AvgIpc) is 3.49. The SMILES string of the molecule is Cc1cccc2c1op(O[C@@H]1COC3C1OC[C@H]3Op1oc3c(C)cccc3c3cccc(C)c3o1)oc1c(C)cccc12. The maximum absolute atomic E-state index is 6.51. The lowest BCUT2D eigenvalue weighted by Crippen LogP contribution is -2.35. The fourth-order valence-electron chi connectivity index (χ4n) is 6.20. The van der Waals surface area contributed by atoms with Gasteiger partial charge in [0, 0.05) is 21.5 Å². The molecule has 0 spiro atoms. The smallest absolute Gasteiger partial charge is 0.387 e. The van der Waals surface area contributed by atoms with Gasteiger partial charge in [0.15, 0.2) is 0 Å². The summed E-state index contributed by atoms with van der Waals surface area (Å²) in [5.74, 6) is 0. The molecule has 8 rings (SSSR count). The average molecular weight is 631 g/mol. The largest absolute Gasteiger partial charge is 0.399 e. The van der Waals surface area contributed by atoms with Crippen molar-refractivity contribution in [3.8, 4) is 0 Å². The van der Waals surface area contributed by atoms with Crippen LogP contribution in [0.15, 0.2) is 89.6 Å². The third kappa shape index (κ3) is 4.78. The van der Waals surface area contributed by atoms with Gasteiger partial charge < -0.3 is 26.3 Å². The van der Waals surface area contributed by atoms with Crippen LogP contribution in [0.5, 0.6) is 0 Å². The molecule has 4 heterocycles. The fraction of sp³-hybridized carbons (Fsp3) is 0.294. The van der Waals surface area contributed by atoms with E-state index in [1.807, 2.05) is 76.2 Å². The minimum Gasteiger partial charge on any atom is -0.399 e. The number of benzene rings is 4. The van der Waals surface area contributed by atoms with Gasteiger partial charge in [-0.3, -0.25) is 9.05 Å². The van der Waals surface area contributed by atoms with Gasteiger partial charge in [-0.2, -0.15) is 0 Å². The van der Waals surface area contributed by atoms with Crippen LogP contribution >= 0.6 is 16.5 Å². The normalized spacial score (nSPS) is 21.5. The molecule has 2 aliphatic rings. The second-order valence-corrected chi connectivity index (χ2v) is 13.5. The second-order valence-electron chi connectivity index (χ2n) is 11.5. The predicted molar refractivity (Wildman–Crippen MR) is 172 cm³/mol. The second kappa shape index (κ2) is 11.1. The molecule has 0 bridgehead atoms. The van der Waals surface area contributed by atoms with Gasteiger partial charge in [0.05, 0.1) is 13.2 Å². The molecule has 44 heavy (non-hydrogen) atoms. The van der Waals surface area contributed by atoms with Crippen LogP contribution in [0.3, 0.4) is 0 Å². The summed E-state index contributed by atoms with van der Waals surface area (Å²) in [6.45, 7) is 8.77. The lowest BCUT2D eigenvalue weighted by atomic mass is 10.1. The monoisotopic (exact) mass is 630 g/mol. The molecule has 6 aromatic rings. The summed E-state index contributed by atoms with van der Waals surface area (Å²) >= 11 is 0. The van der Waals surface area contributed by atoms with E-state index in [2.05, 4.69) is 24.3 Å². The quantitative estimate of drug-likeness (QED) is 0.190. The standard InChI is InChI=1S/C34H32O8P2/c1-19-9-5-13-23-24-14-6-10-20(2)30(24)40-43(39-29(19)23)37-27-17-35-34-28(18-36-33(27)34)38-44-41-31-21(3)11-7-15-25(31)26-16-8-12-22(4)32(26)42-44/h5-16,27-28,33-34H,17-18H2,1-4H3/t27-,28-,33?,34?/m1/s1. The van der Waals surface area contributed by atoms with Gasteiger partial charge in [-0.15, -0.1) is 0 Å². The zero-order valence-corrected chi connectivity index (χ0v) is 26.6. The molecule has 2 unspecified atom stereocenters. The molecule has 10 heteroatoms. The van der Waals surface area contributed by atoms with Crippen LogP contribution < -0.4 is 9.05 Å². The van der Waals surface area contributed by atoms with Gasteiger partial charge in [0.2, 0.25) is 0 Å². The van der Waals surface area contributed by atoms with Crippen LogP contribution in [0.1, 0.15) is 22.3 Å². The van der Waals surface area contributed by atoms with Gasteiger partial charge in [0.1, 0.15) is 46.7 Å². The van der Waals surface area contributed by atoms with Crippen molar-refractivity contribution in [2.24, 2.45) is 0 Å². The Morgan fingerprint density at radius 1 is 0.477 bits per heavy atom. The van der Waals surface area contributed by atoms with Gasteiger partial charge in [-0.25, -0.2) is 0 Å². The highest BCUT2D eigenvalue weighted by Gasteiger charge is 2.50. The lowest BCUT2D eigenvalue weighted by Gasteiger charge is -2.15. The van der Waals surface area contributed by atoms with Crippen LogP contribution in [0.25, 0.3) is 43.9 Å². The molecule has 0 aliphatic carbocycles. The Kier molecular flexibility index (Phi) is 7.10. The molecule has 8 nitrogen and oxygen atoms in total. The molecule has 2 aromatic heterocycles. The Morgan fingerprint density at radius 2 is 0.773 bits per heavy atom. The van der Waals surface area contributed by atoms with Crippen LogP contribution in [0.4, 0.5) is 0 Å². The van der Waals surface area contributed by atoms with E-state index in [0.29, 0.717) is 13.2 Å². The Bertz CT molecular complexity index is 1850. The number of fused-ring (bicyclic) bond motifs is 7. The first kappa shape index (κ1) is 28.0. The molecule has 4 atom stereocenters. The molecule has 2 aliphatic heterocycles. The molecular formula is C34H32O8P2. The number of hydrogen-bond acceptors (Lipinski definition) is 8. The molecule has 0 radical (unpaired) electrons. The highest BCUT2D eigenvalue weighted by Crippen LogP contribution is 2.42. The Labute approximate surface area is 255 Å². The first-order valence-corrected chi connectivity index (χ1v) is 16.9. The van der Waals surface area contributed by atoms with E-state index < -0.39 is 28.7 Å². The topological polar surface area (TPSA) is 89.5 Å². The first-order chi connectivity index (χ1) is 21.4. The van der Waals surface area contributed by atoms with E-state index in [-0.39, 0.29) is 12.2 Å². The summed E-state index contributed by atoms with van der Waals surface area (Å²) in [6.07, 6.45) is -1.49. The summed E-state index contributed by atoms with van der Waals surface area (Å²) in [6, 6.07) is 24.5. The van der Waals surface area contributed by atoms with E-state index in [4.69, 9.17) is 35.3 Å². The Hall–Kier alpha value is -3.48. The Morgan fingerprint density at radius 3 is 1.07 bits per heavy atom. The van der Waals surface area contributed by atoms with Gasteiger partial charge in [-0.1, -0.05) is 72.8 Å². The van der Waals surface area contributed by atoms with E-state index in [9.17, 15) is 0 Å². The van der Waals surface area contributed by atoms with E-state index in [0.717, 1.165) is 66.1 Å². The third-order valence-electron chi connectivity index (χ3n) is 8.50. The fourth-order valence-corrected chi connectivity index (χ4v) is 8.81. The Balaban J connectivity index is 1.12. The van der Waals surface area contributed by atoms with Crippen molar-refractivity contribution in [3.05, 3.63) is 95.1 Å². The highest BCUT2D eigenvalue weighted by molar-refractivity contribution is 7.32.